The van der Waals surface area contributed by atoms with Gasteiger partial charge in [0.2, 0.25) is 0 Å². The normalized spacial score (nSPS) is 12.2. The lowest BCUT2D eigenvalue weighted by Crippen LogP contribution is -2.45. The molecule has 0 aromatic carbocycles. The molecule has 1 nitrogen and oxygen atoms in total. The Balaban J connectivity index is 4.09. The van der Waals surface area contributed by atoms with E-state index in [1.807, 2.05) is 0 Å². The Kier molecular flexibility index (Phi) is 28.9. The van der Waals surface area contributed by atoms with Gasteiger partial charge in [0.25, 0.3) is 0 Å². The number of hydrogen-bond donors (Lipinski definition) is 0. The Labute approximate surface area is 237 Å². The van der Waals surface area contributed by atoms with Crippen molar-refractivity contribution >= 4 is 0 Å². The summed E-state index contributed by atoms with van der Waals surface area (Å²) in [6.45, 7) is 14.7. The molecule has 0 aliphatic heterocycles. The number of nitrogens with zero attached hydrogens (tertiary/aromatic N) is 1. The summed E-state index contributed by atoms with van der Waals surface area (Å²) < 4.78 is 0. The summed E-state index contributed by atoms with van der Waals surface area (Å²) in [4.78, 5) is 2.89. The van der Waals surface area contributed by atoms with Gasteiger partial charge in [-0.25, -0.2) is 0 Å². The smallest absolute Gasteiger partial charge is 0.0153 e. The topological polar surface area (TPSA) is 3.24 Å². The summed E-state index contributed by atoms with van der Waals surface area (Å²) in [5.74, 6) is 0. The van der Waals surface area contributed by atoms with Crippen molar-refractivity contribution in [3.63, 3.8) is 0 Å². The average Bonchev–Trinajstić information content (AvgIpc) is 2.89. The van der Waals surface area contributed by atoms with Crippen LogP contribution in [0.25, 0.3) is 0 Å². The zero-order chi connectivity index (χ0) is 27.3. The molecule has 0 saturated carbocycles. The van der Waals surface area contributed by atoms with Gasteiger partial charge < -0.3 is 0 Å². The maximum absolute atomic E-state index is 2.89. The molecule has 0 atom stereocenters. The summed E-state index contributed by atoms with van der Waals surface area (Å²) in [6.07, 6.45) is 40.3. The summed E-state index contributed by atoms with van der Waals surface area (Å²) >= 11 is 0. The van der Waals surface area contributed by atoms with Gasteiger partial charge in [-0.2, -0.15) is 0 Å². The van der Waals surface area contributed by atoms with E-state index in [1.165, 1.54) is 193 Å². The van der Waals surface area contributed by atoms with E-state index < -0.39 is 0 Å². The second kappa shape index (κ2) is 29.0. The molecule has 0 bridgehead atoms. The fraction of sp³-hybridized carbons (Fsp3) is 1.00. The number of rotatable bonds is 31. The Morgan fingerprint density at radius 3 is 0.865 bits per heavy atom. The van der Waals surface area contributed by atoms with Gasteiger partial charge in [0.05, 0.1) is 0 Å². The minimum atomic E-state index is 0.377. The molecule has 0 aliphatic rings. The molecule has 1 heteroatoms. The van der Waals surface area contributed by atoms with E-state index >= 15 is 0 Å². The van der Waals surface area contributed by atoms with E-state index in [9.17, 15) is 0 Å². The van der Waals surface area contributed by atoms with Crippen LogP contribution in [0.4, 0.5) is 0 Å². The van der Waals surface area contributed by atoms with Crippen molar-refractivity contribution in [2.45, 2.75) is 220 Å². The Bertz CT molecular complexity index is 397. The van der Waals surface area contributed by atoms with Crippen LogP contribution in [0.3, 0.4) is 0 Å². The monoisotopic (exact) mass is 522 g/mol. The van der Waals surface area contributed by atoms with E-state index in [4.69, 9.17) is 0 Å². The second-order valence-electron chi connectivity index (χ2n) is 13.0. The first-order chi connectivity index (χ1) is 18.1. The summed E-state index contributed by atoms with van der Waals surface area (Å²) in [5.41, 5.74) is 0.377. The molecule has 0 heterocycles. The summed E-state index contributed by atoms with van der Waals surface area (Å²) in [6, 6.07) is 0. The summed E-state index contributed by atoms with van der Waals surface area (Å²) in [5, 5.41) is 0. The quantitative estimate of drug-likeness (QED) is 0.0820. The number of hydrogen-bond acceptors (Lipinski definition) is 1. The fourth-order valence-electron chi connectivity index (χ4n) is 5.97. The molecule has 224 valence electrons. The van der Waals surface area contributed by atoms with E-state index in [0.29, 0.717) is 5.54 Å². The molecule has 0 N–H and O–H groups in total. The van der Waals surface area contributed by atoms with Crippen LogP contribution in [0, 0.1) is 0 Å². The van der Waals surface area contributed by atoms with E-state index in [1.54, 1.807) is 0 Å². The van der Waals surface area contributed by atoms with Gasteiger partial charge in [-0.3, -0.25) is 4.90 Å². The highest BCUT2D eigenvalue weighted by atomic mass is 15.2. The van der Waals surface area contributed by atoms with Crippen molar-refractivity contribution in [1.82, 2.24) is 4.90 Å². The predicted molar refractivity (Wildman–Crippen MR) is 172 cm³/mol. The molecule has 0 saturated heterocycles. The van der Waals surface area contributed by atoms with Crippen molar-refractivity contribution in [2.75, 3.05) is 13.1 Å². The molecule has 0 aliphatic carbocycles. The molecular formula is C36H75N. The highest BCUT2D eigenvalue weighted by molar-refractivity contribution is 4.81. The van der Waals surface area contributed by atoms with Crippen LogP contribution in [0.1, 0.15) is 214 Å². The van der Waals surface area contributed by atoms with Crippen LogP contribution in [0.2, 0.25) is 0 Å². The van der Waals surface area contributed by atoms with Crippen LogP contribution >= 0.6 is 0 Å². The van der Waals surface area contributed by atoms with Crippen molar-refractivity contribution in [3.05, 3.63) is 0 Å². The largest absolute Gasteiger partial charge is 0.298 e. The first-order valence-corrected chi connectivity index (χ1v) is 17.8. The fourth-order valence-corrected chi connectivity index (χ4v) is 5.97. The van der Waals surface area contributed by atoms with Crippen LogP contribution in [0.5, 0.6) is 0 Å². The standard InChI is InChI=1S/C36H75N/c1-6-9-12-15-18-19-20-21-22-23-24-27-30-33-36(4,5)37(34-31-28-25-16-13-10-7-2)35-32-29-26-17-14-11-8-3/h6-35H2,1-5H3. The SMILES string of the molecule is CCCCCCCCCCCCCCCC(C)(C)N(CCCCCCCCC)CCCCCCCCC. The van der Waals surface area contributed by atoms with Gasteiger partial charge in [0.15, 0.2) is 0 Å². The lowest BCUT2D eigenvalue weighted by atomic mass is 9.92. The van der Waals surface area contributed by atoms with Gasteiger partial charge in [0, 0.05) is 5.54 Å². The van der Waals surface area contributed by atoms with E-state index in [2.05, 4.69) is 39.5 Å². The van der Waals surface area contributed by atoms with Crippen LogP contribution in [0.15, 0.2) is 0 Å². The lowest BCUT2D eigenvalue weighted by molar-refractivity contribution is 0.102. The van der Waals surface area contributed by atoms with Crippen molar-refractivity contribution < 1.29 is 0 Å². The first kappa shape index (κ1) is 37.0. The molecule has 0 rings (SSSR count). The molecule has 0 fully saturated rings. The zero-order valence-corrected chi connectivity index (χ0v) is 27.2. The lowest BCUT2D eigenvalue weighted by Gasteiger charge is -2.39. The van der Waals surface area contributed by atoms with Gasteiger partial charge >= 0.3 is 0 Å². The molecule has 37 heavy (non-hydrogen) atoms. The van der Waals surface area contributed by atoms with Crippen LogP contribution < -0.4 is 0 Å². The maximum atomic E-state index is 2.89. The molecule has 0 aromatic heterocycles. The summed E-state index contributed by atoms with van der Waals surface area (Å²) in [7, 11) is 0. The van der Waals surface area contributed by atoms with Crippen molar-refractivity contribution in [3.8, 4) is 0 Å². The van der Waals surface area contributed by atoms with Crippen LogP contribution in [-0.2, 0) is 0 Å². The minimum Gasteiger partial charge on any atom is -0.298 e. The zero-order valence-electron chi connectivity index (χ0n) is 27.2. The minimum absolute atomic E-state index is 0.377. The molecule has 0 spiro atoms. The maximum Gasteiger partial charge on any atom is 0.0153 e. The molecule has 0 aromatic rings. The average molecular weight is 522 g/mol. The highest BCUT2D eigenvalue weighted by Crippen LogP contribution is 2.25. The van der Waals surface area contributed by atoms with Crippen LogP contribution in [-0.4, -0.2) is 23.5 Å². The molecule has 0 radical (unpaired) electrons. The van der Waals surface area contributed by atoms with Gasteiger partial charge in [-0.15, -0.1) is 0 Å². The Morgan fingerprint density at radius 2 is 0.568 bits per heavy atom. The Hall–Kier alpha value is -0.0400. The second-order valence-corrected chi connectivity index (χ2v) is 13.0. The third kappa shape index (κ3) is 26.0. The number of unbranched alkanes of at least 4 members (excludes halogenated alkanes) is 24. The van der Waals surface area contributed by atoms with Crippen molar-refractivity contribution in [1.29, 1.82) is 0 Å². The Morgan fingerprint density at radius 1 is 0.324 bits per heavy atom. The van der Waals surface area contributed by atoms with Crippen molar-refractivity contribution in [2.24, 2.45) is 0 Å². The third-order valence-corrected chi connectivity index (χ3v) is 8.81. The highest BCUT2D eigenvalue weighted by Gasteiger charge is 2.25. The molecule has 0 amide bonds. The van der Waals surface area contributed by atoms with Gasteiger partial charge in [-0.1, -0.05) is 181 Å². The molecular weight excluding hydrogens is 446 g/mol. The third-order valence-electron chi connectivity index (χ3n) is 8.81. The molecule has 0 unspecified atom stereocenters. The van der Waals surface area contributed by atoms with E-state index in [0.717, 1.165) is 0 Å². The first-order valence-electron chi connectivity index (χ1n) is 17.8. The van der Waals surface area contributed by atoms with E-state index in [-0.39, 0.29) is 0 Å². The van der Waals surface area contributed by atoms with Gasteiger partial charge in [-0.05, 0) is 46.2 Å². The van der Waals surface area contributed by atoms with Gasteiger partial charge in [0.1, 0.15) is 0 Å². The predicted octanol–water partition coefficient (Wildman–Crippen LogP) is 13.0.